The molecule has 0 spiro atoms. The molecule has 0 fully saturated rings. The highest BCUT2D eigenvalue weighted by atomic mass is 16.3. The molecule has 0 saturated carbocycles. The van der Waals surface area contributed by atoms with Crippen LogP contribution in [-0.4, -0.2) is 21.9 Å². The van der Waals surface area contributed by atoms with Crippen molar-refractivity contribution in [3.05, 3.63) is 142 Å². The Morgan fingerprint density at radius 3 is 1.52 bits per heavy atom. The van der Waals surface area contributed by atoms with Crippen molar-refractivity contribution in [3.8, 4) is 0 Å². The van der Waals surface area contributed by atoms with E-state index in [1.807, 2.05) is 31.2 Å². The average molecular weight is 569 g/mol. The molecule has 0 heterocycles. The van der Waals surface area contributed by atoms with Crippen LogP contribution in [0.15, 0.2) is 142 Å². The molecule has 1 aliphatic rings. The molecule has 0 aliphatic heterocycles. The van der Waals surface area contributed by atoms with Crippen molar-refractivity contribution in [3.63, 3.8) is 0 Å². The second-order valence-electron chi connectivity index (χ2n) is 12.7. The lowest BCUT2D eigenvalue weighted by molar-refractivity contribution is -0.0226. The number of hydrogen-bond acceptors (Lipinski definition) is 2. The van der Waals surface area contributed by atoms with Crippen LogP contribution in [0.2, 0.25) is 0 Å². The minimum Gasteiger partial charge on any atom is -0.387 e. The maximum absolute atomic E-state index is 9.88. The zero-order chi connectivity index (χ0) is 31.8. The number of hydrogen-bond donors (Lipinski definition) is 2. The number of aliphatic hydroxyl groups excluding tert-OH is 1. The summed E-state index contributed by atoms with van der Waals surface area (Å²) in [5, 5.41) is 19.7. The van der Waals surface area contributed by atoms with Gasteiger partial charge in [0.05, 0.1) is 5.60 Å². The zero-order valence-electron chi connectivity index (χ0n) is 27.9. The summed E-state index contributed by atoms with van der Waals surface area (Å²) in [7, 11) is 0. The standard InChI is InChI=1S/C40H56O2/c1-31(19-13-21-33(3)22-15-24-35(5)27-29-38(41)40(9,10)42)17-11-12-18-32(2)20-14-23-34(4)26-28-37-36(6)25-16-30-39(37,7)8/h11-15,17-24,26-29,38,41-42H,16,25,30H2,1-10H3/b12-11+,19-13+,20-14+,22-15+,28-26+,29-27+,31-17+,32-18+,33-21+,34-23+,35-24+. The lowest BCUT2D eigenvalue weighted by Crippen LogP contribution is -2.34. The molecule has 1 atom stereocenters. The first-order valence-electron chi connectivity index (χ1n) is 15.2. The molecule has 228 valence electrons. The van der Waals surface area contributed by atoms with Gasteiger partial charge in [-0.05, 0) is 85.6 Å². The highest BCUT2D eigenvalue weighted by Crippen LogP contribution is 2.40. The first kappa shape index (κ1) is 36.8. The second kappa shape index (κ2) is 18.4. The molecule has 0 amide bonds. The molecule has 0 aromatic rings. The predicted octanol–water partition coefficient (Wildman–Crippen LogP) is 10.7. The van der Waals surface area contributed by atoms with Crippen LogP contribution < -0.4 is 0 Å². The molecule has 2 heteroatoms. The van der Waals surface area contributed by atoms with Crippen molar-refractivity contribution >= 4 is 0 Å². The summed E-state index contributed by atoms with van der Waals surface area (Å²) < 4.78 is 0. The highest BCUT2D eigenvalue weighted by Gasteiger charge is 2.26. The minimum absolute atomic E-state index is 0.276. The van der Waals surface area contributed by atoms with Gasteiger partial charge in [0.1, 0.15) is 6.10 Å². The van der Waals surface area contributed by atoms with E-state index in [0.29, 0.717) is 0 Å². The van der Waals surface area contributed by atoms with Gasteiger partial charge in [0, 0.05) is 0 Å². The molecule has 0 saturated heterocycles. The van der Waals surface area contributed by atoms with Crippen LogP contribution in [-0.2, 0) is 0 Å². The van der Waals surface area contributed by atoms with Crippen LogP contribution in [0.5, 0.6) is 0 Å². The largest absolute Gasteiger partial charge is 0.387 e. The second-order valence-corrected chi connectivity index (χ2v) is 12.7. The number of allylic oxidation sites excluding steroid dienone is 23. The van der Waals surface area contributed by atoms with Crippen molar-refractivity contribution < 1.29 is 10.2 Å². The lowest BCUT2D eigenvalue weighted by atomic mass is 9.72. The third-order valence-corrected chi connectivity index (χ3v) is 7.30. The van der Waals surface area contributed by atoms with Gasteiger partial charge >= 0.3 is 0 Å². The summed E-state index contributed by atoms with van der Waals surface area (Å²) in [4.78, 5) is 0. The quantitative estimate of drug-likeness (QED) is 0.217. The van der Waals surface area contributed by atoms with Crippen molar-refractivity contribution in [1.82, 2.24) is 0 Å². The maximum atomic E-state index is 9.88. The highest BCUT2D eigenvalue weighted by molar-refractivity contribution is 5.37. The van der Waals surface area contributed by atoms with Crippen LogP contribution >= 0.6 is 0 Å². The van der Waals surface area contributed by atoms with Gasteiger partial charge in [0.25, 0.3) is 0 Å². The Bertz CT molecular complexity index is 1250. The van der Waals surface area contributed by atoms with E-state index in [-0.39, 0.29) is 5.41 Å². The van der Waals surface area contributed by atoms with Crippen molar-refractivity contribution in [1.29, 1.82) is 0 Å². The summed E-state index contributed by atoms with van der Waals surface area (Å²) >= 11 is 0. The van der Waals surface area contributed by atoms with Crippen LogP contribution in [0.4, 0.5) is 0 Å². The average Bonchev–Trinajstić information content (AvgIpc) is 2.88. The number of aliphatic hydroxyl groups is 2. The first-order chi connectivity index (χ1) is 19.6. The van der Waals surface area contributed by atoms with Crippen molar-refractivity contribution in [2.75, 3.05) is 0 Å². The molecule has 42 heavy (non-hydrogen) atoms. The van der Waals surface area contributed by atoms with Gasteiger partial charge in [-0.2, -0.15) is 0 Å². The van der Waals surface area contributed by atoms with E-state index in [1.54, 1.807) is 19.9 Å². The molecule has 2 nitrogen and oxygen atoms in total. The molecule has 1 rings (SSSR count). The van der Waals surface area contributed by atoms with E-state index in [2.05, 4.69) is 121 Å². The fourth-order valence-corrected chi connectivity index (χ4v) is 4.45. The van der Waals surface area contributed by atoms with E-state index in [0.717, 1.165) is 11.1 Å². The fraction of sp³-hybridized carbons (Fsp3) is 0.400. The van der Waals surface area contributed by atoms with Gasteiger partial charge in [0.15, 0.2) is 0 Å². The van der Waals surface area contributed by atoms with Gasteiger partial charge in [-0.1, -0.05) is 151 Å². The number of rotatable bonds is 13. The summed E-state index contributed by atoms with van der Waals surface area (Å²) in [6.45, 7) is 20.5. The molecule has 0 bridgehead atoms. The first-order valence-corrected chi connectivity index (χ1v) is 15.2. The smallest absolute Gasteiger partial charge is 0.101 e. The normalized spacial score (nSPS) is 19.8. The Morgan fingerprint density at radius 1 is 0.690 bits per heavy atom. The summed E-state index contributed by atoms with van der Waals surface area (Å²) in [5.74, 6) is 0. The van der Waals surface area contributed by atoms with Crippen LogP contribution in [0.25, 0.3) is 0 Å². The Kier molecular flexibility index (Phi) is 16.1. The van der Waals surface area contributed by atoms with Gasteiger partial charge < -0.3 is 10.2 Å². The summed E-state index contributed by atoms with van der Waals surface area (Å²) in [6, 6.07) is 0. The zero-order valence-corrected chi connectivity index (χ0v) is 27.9. The minimum atomic E-state index is -1.15. The van der Waals surface area contributed by atoms with E-state index >= 15 is 0 Å². The van der Waals surface area contributed by atoms with E-state index < -0.39 is 11.7 Å². The Morgan fingerprint density at radius 2 is 1.10 bits per heavy atom. The molecule has 0 aromatic heterocycles. The predicted molar refractivity (Wildman–Crippen MR) is 186 cm³/mol. The Hall–Kier alpha value is -3.20. The van der Waals surface area contributed by atoms with Crippen molar-refractivity contribution in [2.24, 2.45) is 5.41 Å². The van der Waals surface area contributed by atoms with Gasteiger partial charge in [0.2, 0.25) is 0 Å². The lowest BCUT2D eigenvalue weighted by Gasteiger charge is -2.32. The topological polar surface area (TPSA) is 40.5 Å². The summed E-state index contributed by atoms with van der Waals surface area (Å²) in [5.41, 5.74) is 7.92. The van der Waals surface area contributed by atoms with Crippen LogP contribution in [0.1, 0.15) is 88.5 Å². The Labute approximate surface area is 257 Å². The molecule has 0 aromatic carbocycles. The molecule has 1 unspecified atom stereocenters. The van der Waals surface area contributed by atoms with Gasteiger partial charge in [-0.3, -0.25) is 0 Å². The third kappa shape index (κ3) is 15.7. The van der Waals surface area contributed by atoms with Crippen LogP contribution in [0, 0.1) is 5.41 Å². The van der Waals surface area contributed by atoms with E-state index in [1.165, 1.54) is 47.1 Å². The fourth-order valence-electron chi connectivity index (χ4n) is 4.45. The van der Waals surface area contributed by atoms with E-state index in [9.17, 15) is 10.2 Å². The molecular formula is C40H56O2. The summed E-state index contributed by atoms with van der Waals surface area (Å²) in [6.07, 6.45) is 37.9. The van der Waals surface area contributed by atoms with Gasteiger partial charge in [-0.25, -0.2) is 0 Å². The van der Waals surface area contributed by atoms with E-state index in [4.69, 9.17) is 0 Å². The monoisotopic (exact) mass is 568 g/mol. The maximum Gasteiger partial charge on any atom is 0.101 e. The van der Waals surface area contributed by atoms with Gasteiger partial charge in [-0.15, -0.1) is 0 Å². The van der Waals surface area contributed by atoms with Crippen LogP contribution in [0.3, 0.4) is 0 Å². The Balaban J connectivity index is 2.61. The molecular weight excluding hydrogens is 512 g/mol. The van der Waals surface area contributed by atoms with Crippen molar-refractivity contribution in [2.45, 2.75) is 100 Å². The molecule has 0 radical (unpaired) electrons. The SMILES string of the molecule is CC1=C(/C=C/C(C)=C/C=C/C(C)=C/C=C/C=C(C)/C=C/C=C(C)/C=C/C=C(C)/C=C/C(O)C(C)(C)O)C(C)(C)CCC1. The molecule has 1 aliphatic carbocycles. The molecule has 2 N–H and O–H groups in total. The third-order valence-electron chi connectivity index (χ3n) is 7.30.